The van der Waals surface area contributed by atoms with Crippen LogP contribution in [0.5, 0.6) is 0 Å². The van der Waals surface area contributed by atoms with Gasteiger partial charge in [0.15, 0.2) is 0 Å². The zero-order valence-electron chi connectivity index (χ0n) is 9.23. The molecule has 4 heteroatoms. The van der Waals surface area contributed by atoms with Crippen molar-refractivity contribution in [2.24, 2.45) is 11.7 Å². The smallest absolute Gasteiger partial charge is 0.131 e. The van der Waals surface area contributed by atoms with E-state index in [4.69, 9.17) is 5.73 Å². The van der Waals surface area contributed by atoms with Crippen LogP contribution in [0.25, 0.3) is 0 Å². The van der Waals surface area contributed by atoms with Crippen molar-refractivity contribution in [1.29, 1.82) is 0 Å². The van der Waals surface area contributed by atoms with Crippen LogP contribution in [0.3, 0.4) is 0 Å². The molecule has 0 aromatic carbocycles. The van der Waals surface area contributed by atoms with Gasteiger partial charge < -0.3 is 10.6 Å². The van der Waals surface area contributed by atoms with E-state index in [9.17, 15) is 0 Å². The first-order chi connectivity index (χ1) is 6.52. The molecule has 1 rings (SSSR count). The van der Waals surface area contributed by atoms with Crippen LogP contribution >= 0.6 is 0 Å². The minimum atomic E-state index is -0.0169. The highest BCUT2D eigenvalue weighted by Gasteiger charge is 2.12. The quantitative estimate of drug-likeness (QED) is 0.785. The van der Waals surface area contributed by atoms with Crippen LogP contribution in [-0.4, -0.2) is 24.1 Å². The lowest BCUT2D eigenvalue weighted by Gasteiger charge is -2.17. The number of nitrogens with zero attached hydrogens (tertiary/aromatic N) is 3. The monoisotopic (exact) mass is 194 g/mol. The highest BCUT2D eigenvalue weighted by Crippen LogP contribution is 2.18. The minimum absolute atomic E-state index is 0.0169. The third kappa shape index (κ3) is 2.42. The third-order valence-electron chi connectivity index (χ3n) is 2.19. The fraction of sp³-hybridized carbons (Fsp3) is 0.600. The highest BCUT2D eigenvalue weighted by molar-refractivity contribution is 5.37. The fourth-order valence-corrected chi connectivity index (χ4v) is 1.13. The lowest BCUT2D eigenvalue weighted by atomic mass is 10.0. The van der Waals surface area contributed by atoms with E-state index in [-0.39, 0.29) is 6.04 Å². The number of rotatable bonds is 3. The molecular formula is C10H18N4. The number of aromatic nitrogens is 2. The van der Waals surface area contributed by atoms with E-state index in [1.807, 2.05) is 25.1 Å². The van der Waals surface area contributed by atoms with E-state index in [0.717, 1.165) is 11.5 Å². The van der Waals surface area contributed by atoms with Crippen LogP contribution < -0.4 is 10.6 Å². The van der Waals surface area contributed by atoms with E-state index in [2.05, 4.69) is 23.8 Å². The summed E-state index contributed by atoms with van der Waals surface area (Å²) in [5.41, 5.74) is 6.90. The molecule has 4 nitrogen and oxygen atoms in total. The van der Waals surface area contributed by atoms with Gasteiger partial charge in [-0.15, -0.1) is 0 Å². The molecule has 0 bridgehead atoms. The van der Waals surface area contributed by atoms with Crippen molar-refractivity contribution >= 4 is 5.82 Å². The number of hydrogen-bond acceptors (Lipinski definition) is 4. The molecule has 0 fully saturated rings. The van der Waals surface area contributed by atoms with Gasteiger partial charge in [0.05, 0.1) is 5.69 Å². The van der Waals surface area contributed by atoms with Crippen molar-refractivity contribution < 1.29 is 0 Å². The summed E-state index contributed by atoms with van der Waals surface area (Å²) in [6.45, 7) is 4.17. The molecule has 0 aliphatic rings. The first kappa shape index (κ1) is 10.9. The number of nitrogens with two attached hydrogens (primary N) is 1. The Hall–Kier alpha value is -1.16. The summed E-state index contributed by atoms with van der Waals surface area (Å²) in [4.78, 5) is 10.3. The fourth-order valence-electron chi connectivity index (χ4n) is 1.13. The third-order valence-corrected chi connectivity index (χ3v) is 2.19. The molecule has 0 unspecified atom stereocenters. The maximum Gasteiger partial charge on any atom is 0.131 e. The van der Waals surface area contributed by atoms with Crippen LogP contribution in [0.1, 0.15) is 25.6 Å². The summed E-state index contributed by atoms with van der Waals surface area (Å²) in [6, 6.07) is 1.92. The Kier molecular flexibility index (Phi) is 3.41. The minimum Gasteiger partial charge on any atom is -0.363 e. The van der Waals surface area contributed by atoms with Crippen LogP contribution in [0.2, 0.25) is 0 Å². The van der Waals surface area contributed by atoms with Crippen molar-refractivity contribution in [3.05, 3.63) is 18.1 Å². The van der Waals surface area contributed by atoms with Crippen molar-refractivity contribution in [2.45, 2.75) is 19.9 Å². The predicted molar refractivity (Wildman–Crippen MR) is 58.1 cm³/mol. The maximum absolute atomic E-state index is 6.00. The molecular weight excluding hydrogens is 176 g/mol. The first-order valence-corrected chi connectivity index (χ1v) is 4.77. The van der Waals surface area contributed by atoms with Gasteiger partial charge in [-0.05, 0) is 5.92 Å². The number of anilines is 1. The standard InChI is InChI=1S/C10H18N4/c1-7(2)10(11)8-5-9(14(3)4)13-6-12-8/h5-7,10H,11H2,1-4H3/t10-/m0/s1. The molecule has 78 valence electrons. The Morgan fingerprint density at radius 3 is 2.43 bits per heavy atom. The Labute approximate surface area is 85.2 Å². The van der Waals surface area contributed by atoms with Gasteiger partial charge in [-0.25, -0.2) is 9.97 Å². The van der Waals surface area contributed by atoms with Gasteiger partial charge in [-0.1, -0.05) is 13.8 Å². The van der Waals surface area contributed by atoms with Crippen molar-refractivity contribution in [3.8, 4) is 0 Å². The zero-order valence-corrected chi connectivity index (χ0v) is 9.23. The predicted octanol–water partition coefficient (Wildman–Crippen LogP) is 1.20. The van der Waals surface area contributed by atoms with Crippen LogP contribution in [0.4, 0.5) is 5.82 Å². The molecule has 2 N–H and O–H groups in total. The summed E-state index contributed by atoms with van der Waals surface area (Å²) >= 11 is 0. The van der Waals surface area contributed by atoms with Gasteiger partial charge in [-0.2, -0.15) is 0 Å². The molecule has 1 aromatic heterocycles. The first-order valence-electron chi connectivity index (χ1n) is 4.77. The Balaban J connectivity index is 2.93. The maximum atomic E-state index is 6.00. The molecule has 0 amide bonds. The summed E-state index contributed by atoms with van der Waals surface area (Å²) in [5, 5.41) is 0. The molecule has 0 saturated heterocycles. The van der Waals surface area contributed by atoms with E-state index in [1.165, 1.54) is 0 Å². The van der Waals surface area contributed by atoms with Crippen LogP contribution in [0.15, 0.2) is 12.4 Å². The van der Waals surface area contributed by atoms with E-state index >= 15 is 0 Å². The van der Waals surface area contributed by atoms with Gasteiger partial charge in [0, 0.05) is 26.2 Å². The van der Waals surface area contributed by atoms with Crippen molar-refractivity contribution in [1.82, 2.24) is 9.97 Å². The molecule has 0 saturated carbocycles. The molecule has 0 spiro atoms. The Morgan fingerprint density at radius 2 is 1.93 bits per heavy atom. The molecule has 1 heterocycles. The molecule has 0 aliphatic heterocycles. The second-order valence-electron chi connectivity index (χ2n) is 3.97. The normalized spacial score (nSPS) is 13.0. The summed E-state index contributed by atoms with van der Waals surface area (Å²) < 4.78 is 0. The second-order valence-corrected chi connectivity index (χ2v) is 3.97. The second kappa shape index (κ2) is 4.37. The largest absolute Gasteiger partial charge is 0.363 e. The van der Waals surface area contributed by atoms with E-state index < -0.39 is 0 Å². The van der Waals surface area contributed by atoms with Gasteiger partial charge in [0.1, 0.15) is 12.1 Å². The molecule has 0 radical (unpaired) electrons. The summed E-state index contributed by atoms with van der Waals surface area (Å²) in [7, 11) is 3.90. The van der Waals surface area contributed by atoms with Crippen LogP contribution in [0, 0.1) is 5.92 Å². The van der Waals surface area contributed by atoms with Gasteiger partial charge >= 0.3 is 0 Å². The molecule has 1 atom stereocenters. The molecule has 0 aliphatic carbocycles. The zero-order chi connectivity index (χ0) is 10.7. The lowest BCUT2D eigenvalue weighted by Crippen LogP contribution is -2.19. The summed E-state index contributed by atoms with van der Waals surface area (Å²) in [6.07, 6.45) is 1.56. The van der Waals surface area contributed by atoms with Crippen molar-refractivity contribution in [2.75, 3.05) is 19.0 Å². The average molecular weight is 194 g/mol. The Bertz CT molecular complexity index is 296. The molecule has 1 aromatic rings. The number of hydrogen-bond donors (Lipinski definition) is 1. The average Bonchev–Trinajstić information content (AvgIpc) is 2.16. The highest BCUT2D eigenvalue weighted by atomic mass is 15.1. The van der Waals surface area contributed by atoms with Gasteiger partial charge in [0.2, 0.25) is 0 Å². The van der Waals surface area contributed by atoms with E-state index in [1.54, 1.807) is 6.33 Å². The Morgan fingerprint density at radius 1 is 1.29 bits per heavy atom. The van der Waals surface area contributed by atoms with E-state index in [0.29, 0.717) is 5.92 Å². The van der Waals surface area contributed by atoms with Crippen molar-refractivity contribution in [3.63, 3.8) is 0 Å². The van der Waals surface area contributed by atoms with Gasteiger partial charge in [-0.3, -0.25) is 0 Å². The van der Waals surface area contributed by atoms with Gasteiger partial charge in [0.25, 0.3) is 0 Å². The SMILES string of the molecule is CC(C)[C@H](N)c1cc(N(C)C)ncn1. The lowest BCUT2D eigenvalue weighted by molar-refractivity contribution is 0.502. The topological polar surface area (TPSA) is 55.0 Å². The summed E-state index contributed by atoms with van der Waals surface area (Å²) in [5.74, 6) is 1.28. The molecule has 14 heavy (non-hydrogen) atoms. The van der Waals surface area contributed by atoms with Crippen LogP contribution in [-0.2, 0) is 0 Å².